The van der Waals surface area contributed by atoms with Gasteiger partial charge in [-0.2, -0.15) is 0 Å². The summed E-state index contributed by atoms with van der Waals surface area (Å²) in [4.78, 5) is 11.9. The molecule has 0 radical (unpaired) electrons. The van der Waals surface area contributed by atoms with Crippen LogP contribution in [0.1, 0.15) is 15.9 Å². The number of carbonyl (C=O) groups excluding carboxylic acids is 1. The van der Waals surface area contributed by atoms with Crippen molar-refractivity contribution in [3.63, 3.8) is 0 Å². The summed E-state index contributed by atoms with van der Waals surface area (Å²) < 4.78 is 18.9. The Kier molecular flexibility index (Phi) is 4.62. The maximum absolute atomic E-state index is 13.2. The molecule has 0 amide bonds. The van der Waals surface area contributed by atoms with Crippen LogP contribution in [0.15, 0.2) is 40.9 Å². The average Bonchev–Trinajstić information content (AvgIpc) is 2.38. The molecule has 3 nitrogen and oxygen atoms in total. The third-order valence-electron chi connectivity index (χ3n) is 2.57. The van der Waals surface area contributed by atoms with Gasteiger partial charge in [-0.05, 0) is 35.9 Å². The first kappa shape index (κ1) is 14.8. The van der Waals surface area contributed by atoms with Gasteiger partial charge in [0.15, 0.2) is 0 Å². The van der Waals surface area contributed by atoms with Gasteiger partial charge in [-0.3, -0.25) is 0 Å². The number of anilines is 1. The molecule has 0 saturated heterocycles. The zero-order valence-corrected chi connectivity index (χ0v) is 12.5. The SMILES string of the molecule is Nc1c(Cl)cccc1C(=O)OCc1cc(F)cc(Br)c1. The number of esters is 1. The van der Waals surface area contributed by atoms with E-state index in [2.05, 4.69) is 15.9 Å². The number of rotatable bonds is 3. The van der Waals surface area contributed by atoms with Crippen molar-refractivity contribution in [2.75, 3.05) is 5.73 Å². The van der Waals surface area contributed by atoms with E-state index in [9.17, 15) is 9.18 Å². The summed E-state index contributed by atoms with van der Waals surface area (Å²) in [6, 6.07) is 8.98. The van der Waals surface area contributed by atoms with Crippen LogP contribution < -0.4 is 5.73 Å². The molecule has 0 aliphatic carbocycles. The van der Waals surface area contributed by atoms with Crippen LogP contribution >= 0.6 is 27.5 Å². The largest absolute Gasteiger partial charge is 0.457 e. The second-order valence-electron chi connectivity index (χ2n) is 4.05. The molecule has 0 aliphatic rings. The van der Waals surface area contributed by atoms with Gasteiger partial charge in [0.1, 0.15) is 12.4 Å². The molecule has 104 valence electrons. The van der Waals surface area contributed by atoms with Crippen molar-refractivity contribution >= 4 is 39.2 Å². The molecule has 20 heavy (non-hydrogen) atoms. The van der Waals surface area contributed by atoms with Gasteiger partial charge in [-0.1, -0.05) is 33.6 Å². The number of hydrogen-bond donors (Lipinski definition) is 1. The molecule has 0 bridgehead atoms. The van der Waals surface area contributed by atoms with Crippen LogP contribution in [0, 0.1) is 5.82 Å². The number of halogens is 3. The lowest BCUT2D eigenvalue weighted by Crippen LogP contribution is -2.08. The van der Waals surface area contributed by atoms with Gasteiger partial charge in [0.2, 0.25) is 0 Å². The zero-order chi connectivity index (χ0) is 14.7. The van der Waals surface area contributed by atoms with Crippen LogP contribution in [-0.4, -0.2) is 5.97 Å². The van der Waals surface area contributed by atoms with Crippen LogP contribution in [0.3, 0.4) is 0 Å². The van der Waals surface area contributed by atoms with Crippen LogP contribution in [-0.2, 0) is 11.3 Å². The van der Waals surface area contributed by atoms with E-state index < -0.39 is 11.8 Å². The Morgan fingerprint density at radius 1 is 1.35 bits per heavy atom. The predicted molar refractivity (Wildman–Crippen MR) is 79.1 cm³/mol. The Balaban J connectivity index is 2.10. The minimum absolute atomic E-state index is 0.0544. The molecule has 0 saturated carbocycles. The van der Waals surface area contributed by atoms with Crippen molar-refractivity contribution in [3.05, 3.63) is 62.8 Å². The number of para-hydroxylation sites is 1. The van der Waals surface area contributed by atoms with Crippen LogP contribution in [0.5, 0.6) is 0 Å². The van der Waals surface area contributed by atoms with Gasteiger partial charge >= 0.3 is 5.97 Å². The Hall–Kier alpha value is -1.59. The first-order valence-electron chi connectivity index (χ1n) is 5.63. The van der Waals surface area contributed by atoms with Gasteiger partial charge in [0.05, 0.1) is 16.3 Å². The molecular formula is C14H10BrClFNO2. The first-order valence-corrected chi connectivity index (χ1v) is 6.80. The Bertz CT molecular complexity index is 643. The molecular weight excluding hydrogens is 349 g/mol. The fraction of sp³-hybridized carbons (Fsp3) is 0.0714. The smallest absolute Gasteiger partial charge is 0.340 e. The van der Waals surface area contributed by atoms with Crippen LogP contribution in [0.25, 0.3) is 0 Å². The second-order valence-corrected chi connectivity index (χ2v) is 5.38. The Morgan fingerprint density at radius 2 is 2.10 bits per heavy atom. The number of carbonyl (C=O) groups is 1. The maximum atomic E-state index is 13.2. The summed E-state index contributed by atoms with van der Waals surface area (Å²) in [5.74, 6) is -1.02. The zero-order valence-electron chi connectivity index (χ0n) is 10.2. The number of nitrogens with two attached hydrogens (primary N) is 1. The maximum Gasteiger partial charge on any atom is 0.340 e. The van der Waals surface area contributed by atoms with E-state index >= 15 is 0 Å². The molecule has 2 rings (SSSR count). The Labute approximate surface area is 128 Å². The highest BCUT2D eigenvalue weighted by molar-refractivity contribution is 9.10. The standard InChI is InChI=1S/C14H10BrClFNO2/c15-9-4-8(5-10(17)6-9)7-20-14(19)11-2-1-3-12(16)13(11)18/h1-6H,7,18H2. The lowest BCUT2D eigenvalue weighted by molar-refractivity contribution is 0.0473. The molecule has 6 heteroatoms. The summed E-state index contributed by atoms with van der Waals surface area (Å²) in [5, 5.41) is 0.285. The van der Waals surface area contributed by atoms with Crippen LogP contribution in [0.2, 0.25) is 5.02 Å². The van der Waals surface area contributed by atoms with Gasteiger partial charge in [-0.25, -0.2) is 9.18 Å². The molecule has 0 fully saturated rings. The summed E-state index contributed by atoms with van der Waals surface area (Å²) in [7, 11) is 0. The molecule has 2 aromatic rings. The van der Waals surface area contributed by atoms with E-state index in [0.717, 1.165) is 0 Å². The highest BCUT2D eigenvalue weighted by Crippen LogP contribution is 2.23. The highest BCUT2D eigenvalue weighted by atomic mass is 79.9. The molecule has 0 unspecified atom stereocenters. The van der Waals surface area contributed by atoms with E-state index in [-0.39, 0.29) is 22.9 Å². The summed E-state index contributed by atoms with van der Waals surface area (Å²) in [5.41, 5.74) is 6.59. The number of ether oxygens (including phenoxy) is 1. The minimum atomic E-state index is -0.606. The monoisotopic (exact) mass is 357 g/mol. The van der Waals surface area contributed by atoms with Crippen molar-refractivity contribution in [3.8, 4) is 0 Å². The topological polar surface area (TPSA) is 52.3 Å². The van der Waals surface area contributed by atoms with Crippen LogP contribution in [0.4, 0.5) is 10.1 Å². The fourth-order valence-electron chi connectivity index (χ4n) is 1.64. The third kappa shape index (κ3) is 3.49. The van der Waals surface area contributed by atoms with E-state index in [1.165, 1.54) is 18.2 Å². The lowest BCUT2D eigenvalue weighted by atomic mass is 10.2. The highest BCUT2D eigenvalue weighted by Gasteiger charge is 2.13. The molecule has 0 aliphatic heterocycles. The normalized spacial score (nSPS) is 10.3. The molecule has 0 aromatic heterocycles. The summed E-state index contributed by atoms with van der Waals surface area (Å²) in [6.07, 6.45) is 0. The van der Waals surface area contributed by atoms with Crippen molar-refractivity contribution < 1.29 is 13.9 Å². The van der Waals surface area contributed by atoms with Crippen molar-refractivity contribution in [1.29, 1.82) is 0 Å². The summed E-state index contributed by atoms with van der Waals surface area (Å²) in [6.45, 7) is -0.0544. The molecule has 0 spiro atoms. The van der Waals surface area contributed by atoms with Crippen molar-refractivity contribution in [1.82, 2.24) is 0 Å². The average molecular weight is 359 g/mol. The first-order chi connectivity index (χ1) is 9.47. The van der Waals surface area contributed by atoms with Crippen molar-refractivity contribution in [2.24, 2.45) is 0 Å². The molecule has 2 aromatic carbocycles. The van der Waals surface area contributed by atoms with Gasteiger partial charge < -0.3 is 10.5 Å². The van der Waals surface area contributed by atoms with E-state index in [1.54, 1.807) is 18.2 Å². The number of hydrogen-bond acceptors (Lipinski definition) is 3. The molecule has 0 atom stereocenters. The molecule has 2 N–H and O–H groups in total. The van der Waals surface area contributed by atoms with Gasteiger partial charge in [0.25, 0.3) is 0 Å². The fourth-order valence-corrected chi connectivity index (χ4v) is 2.32. The van der Waals surface area contributed by atoms with E-state index in [0.29, 0.717) is 10.0 Å². The third-order valence-corrected chi connectivity index (χ3v) is 3.35. The summed E-state index contributed by atoms with van der Waals surface area (Å²) >= 11 is 9.00. The lowest BCUT2D eigenvalue weighted by Gasteiger charge is -2.08. The van der Waals surface area contributed by atoms with Gasteiger partial charge in [-0.15, -0.1) is 0 Å². The quantitative estimate of drug-likeness (QED) is 0.661. The number of nitrogen functional groups attached to an aromatic ring is 1. The second kappa shape index (κ2) is 6.24. The molecule has 0 heterocycles. The number of benzene rings is 2. The van der Waals surface area contributed by atoms with Gasteiger partial charge in [0, 0.05) is 4.47 Å². The van der Waals surface area contributed by atoms with E-state index in [4.69, 9.17) is 22.1 Å². The minimum Gasteiger partial charge on any atom is -0.457 e. The van der Waals surface area contributed by atoms with Crippen molar-refractivity contribution in [2.45, 2.75) is 6.61 Å². The van der Waals surface area contributed by atoms with E-state index in [1.807, 2.05) is 0 Å². The Morgan fingerprint density at radius 3 is 2.80 bits per heavy atom. The predicted octanol–water partition coefficient (Wildman–Crippen LogP) is 4.18.